The molecule has 0 amide bonds. The Labute approximate surface area is 328 Å². The number of ether oxygens (including phenoxy) is 6. The Morgan fingerprint density at radius 2 is 0.857 bits per heavy atom. The van der Waals surface area contributed by atoms with E-state index in [9.17, 15) is 0 Å². The Kier molecular flexibility index (Phi) is 11.9. The van der Waals surface area contributed by atoms with E-state index in [4.69, 9.17) is 28.4 Å². The normalized spacial score (nSPS) is 14.6. The predicted molar refractivity (Wildman–Crippen MR) is 218 cm³/mol. The predicted octanol–water partition coefficient (Wildman–Crippen LogP) is 11.3. The van der Waals surface area contributed by atoms with Crippen molar-refractivity contribution in [3.8, 4) is 28.7 Å². The van der Waals surface area contributed by atoms with Gasteiger partial charge < -0.3 is 28.4 Å². The van der Waals surface area contributed by atoms with Gasteiger partial charge in [0.05, 0.1) is 6.61 Å². The minimum absolute atomic E-state index is 0.351. The van der Waals surface area contributed by atoms with Gasteiger partial charge in [0.2, 0.25) is 0 Å². The Bertz CT molecular complexity index is 2260. The highest BCUT2D eigenvalue weighted by atomic mass is 16.5. The SMILES string of the molecule is c1ccc(COc2cc(OCc3ccccc3)c3c(c2)O[C@H](c2ccc(OCc4ccccc4)c(OCc4ccccc4)c2)C(OCc2ccccc2)C3)cc1. The Hall–Kier alpha value is -6.50. The smallest absolute Gasteiger partial charge is 0.162 e. The van der Waals surface area contributed by atoms with Crippen LogP contribution in [0.15, 0.2) is 182 Å². The summed E-state index contributed by atoms with van der Waals surface area (Å²) >= 11 is 0. The Balaban J connectivity index is 1.13. The molecule has 0 aromatic heterocycles. The highest BCUT2D eigenvalue weighted by Gasteiger charge is 2.35. The van der Waals surface area contributed by atoms with E-state index in [-0.39, 0.29) is 6.10 Å². The molecule has 0 N–H and O–H groups in total. The summed E-state index contributed by atoms with van der Waals surface area (Å²) in [6.07, 6.45) is -0.265. The molecule has 8 rings (SSSR count). The van der Waals surface area contributed by atoms with Gasteiger partial charge in [-0.3, -0.25) is 0 Å². The molecule has 7 aromatic rings. The van der Waals surface area contributed by atoms with Gasteiger partial charge in [-0.05, 0) is 45.5 Å². The maximum Gasteiger partial charge on any atom is 0.162 e. The van der Waals surface area contributed by atoms with Crippen LogP contribution in [0.1, 0.15) is 45.0 Å². The van der Waals surface area contributed by atoms with E-state index in [2.05, 4.69) is 60.7 Å². The van der Waals surface area contributed by atoms with Crippen LogP contribution in [0.25, 0.3) is 0 Å². The van der Waals surface area contributed by atoms with Crippen molar-refractivity contribution in [3.63, 3.8) is 0 Å². The van der Waals surface area contributed by atoms with Gasteiger partial charge in [-0.2, -0.15) is 0 Å². The molecular formula is C50H44O6. The summed E-state index contributed by atoms with van der Waals surface area (Å²) < 4.78 is 39.6. The molecule has 6 nitrogen and oxygen atoms in total. The first-order chi connectivity index (χ1) is 27.7. The zero-order valence-corrected chi connectivity index (χ0v) is 31.2. The lowest BCUT2D eigenvalue weighted by atomic mass is 9.93. The van der Waals surface area contributed by atoms with Crippen LogP contribution >= 0.6 is 0 Å². The summed E-state index contributed by atoms with van der Waals surface area (Å²) in [6, 6.07) is 60.8. The van der Waals surface area contributed by atoms with Crippen LogP contribution in [0.3, 0.4) is 0 Å². The first kappa shape index (κ1) is 36.5. The second kappa shape index (κ2) is 18.2. The van der Waals surface area contributed by atoms with Crippen LogP contribution in [-0.4, -0.2) is 6.10 Å². The molecule has 280 valence electrons. The summed E-state index contributed by atoms with van der Waals surface area (Å²) in [5.41, 5.74) is 7.20. The summed E-state index contributed by atoms with van der Waals surface area (Å²) in [5, 5.41) is 0. The molecule has 0 radical (unpaired) electrons. The third kappa shape index (κ3) is 9.59. The second-order valence-electron chi connectivity index (χ2n) is 13.8. The van der Waals surface area contributed by atoms with E-state index in [0.717, 1.165) is 38.9 Å². The first-order valence-electron chi connectivity index (χ1n) is 19.0. The molecule has 1 unspecified atom stereocenters. The van der Waals surface area contributed by atoms with E-state index in [1.54, 1.807) is 0 Å². The van der Waals surface area contributed by atoms with Gasteiger partial charge in [-0.25, -0.2) is 0 Å². The summed E-state index contributed by atoms with van der Waals surface area (Å²) in [7, 11) is 0. The lowest BCUT2D eigenvalue weighted by Crippen LogP contribution is -2.33. The second-order valence-corrected chi connectivity index (χ2v) is 13.8. The molecule has 56 heavy (non-hydrogen) atoms. The van der Waals surface area contributed by atoms with Crippen LogP contribution < -0.4 is 23.7 Å². The molecule has 1 heterocycles. The topological polar surface area (TPSA) is 55.4 Å². The molecule has 0 aliphatic carbocycles. The average molecular weight is 741 g/mol. The summed E-state index contributed by atoms with van der Waals surface area (Å²) in [5.74, 6) is 3.34. The molecule has 1 aliphatic rings. The van der Waals surface area contributed by atoms with Gasteiger partial charge in [0.25, 0.3) is 0 Å². The van der Waals surface area contributed by atoms with Crippen LogP contribution in [0.4, 0.5) is 0 Å². The molecule has 1 aliphatic heterocycles. The maximum absolute atomic E-state index is 7.01. The molecule has 0 fully saturated rings. The minimum atomic E-state index is -0.472. The maximum atomic E-state index is 7.01. The van der Waals surface area contributed by atoms with Gasteiger partial charge in [-0.1, -0.05) is 158 Å². The van der Waals surface area contributed by atoms with Crippen LogP contribution in [0.2, 0.25) is 0 Å². The largest absolute Gasteiger partial charge is 0.489 e. The third-order valence-electron chi connectivity index (χ3n) is 9.70. The zero-order chi connectivity index (χ0) is 37.8. The fourth-order valence-electron chi connectivity index (χ4n) is 6.72. The highest BCUT2D eigenvalue weighted by molar-refractivity contribution is 5.53. The van der Waals surface area contributed by atoms with Gasteiger partial charge in [0.15, 0.2) is 17.6 Å². The standard InChI is InChI=1S/C50H44O6/c1-6-16-37(17-7-1)32-51-43-29-46(53-34-39-20-10-3-11-21-39)44-31-49(55-36-41-24-14-5-15-25-41)50(56-47(44)30-43)42-26-27-45(52-33-38-18-8-2-9-19-38)48(28-42)54-35-40-22-12-4-13-23-40/h1-30,49-50H,31-36H2/t49?,50-/m1/s1. The molecule has 2 atom stereocenters. The van der Waals surface area contributed by atoms with E-state index >= 15 is 0 Å². The lowest BCUT2D eigenvalue weighted by molar-refractivity contribution is -0.0468. The molecule has 6 heteroatoms. The van der Waals surface area contributed by atoms with E-state index in [1.165, 1.54) is 0 Å². The first-order valence-corrected chi connectivity index (χ1v) is 19.0. The lowest BCUT2D eigenvalue weighted by Gasteiger charge is -2.35. The molecule has 0 saturated carbocycles. The van der Waals surface area contributed by atoms with Crippen molar-refractivity contribution in [2.24, 2.45) is 0 Å². The van der Waals surface area contributed by atoms with Gasteiger partial charge in [0.1, 0.15) is 49.8 Å². The van der Waals surface area contributed by atoms with Crippen LogP contribution in [-0.2, 0) is 44.2 Å². The molecule has 0 bridgehead atoms. The van der Waals surface area contributed by atoms with Crippen LogP contribution in [0.5, 0.6) is 28.7 Å². The molecule has 7 aromatic carbocycles. The third-order valence-corrected chi connectivity index (χ3v) is 9.70. The summed E-state index contributed by atoms with van der Waals surface area (Å²) in [6.45, 7) is 2.04. The van der Waals surface area contributed by atoms with Gasteiger partial charge in [0, 0.05) is 24.1 Å². The van der Waals surface area contributed by atoms with Crippen molar-refractivity contribution in [1.82, 2.24) is 0 Å². The van der Waals surface area contributed by atoms with Crippen LogP contribution in [0, 0.1) is 0 Å². The average Bonchev–Trinajstić information content (AvgIpc) is 3.27. The van der Waals surface area contributed by atoms with Crippen molar-refractivity contribution in [1.29, 1.82) is 0 Å². The van der Waals surface area contributed by atoms with Crippen molar-refractivity contribution in [3.05, 3.63) is 221 Å². The Morgan fingerprint density at radius 1 is 0.411 bits per heavy atom. The van der Waals surface area contributed by atoms with E-state index in [1.807, 2.05) is 121 Å². The van der Waals surface area contributed by atoms with Gasteiger partial charge in [-0.15, -0.1) is 0 Å². The molecule has 0 saturated heterocycles. The molecular weight excluding hydrogens is 697 g/mol. The van der Waals surface area contributed by atoms with E-state index in [0.29, 0.717) is 68.2 Å². The zero-order valence-electron chi connectivity index (χ0n) is 31.2. The van der Waals surface area contributed by atoms with Crippen molar-refractivity contribution in [2.75, 3.05) is 0 Å². The van der Waals surface area contributed by atoms with Gasteiger partial charge >= 0.3 is 0 Å². The number of hydrogen-bond donors (Lipinski definition) is 0. The van der Waals surface area contributed by atoms with Crippen molar-refractivity contribution in [2.45, 2.75) is 51.7 Å². The van der Waals surface area contributed by atoms with E-state index < -0.39 is 6.10 Å². The summed E-state index contributed by atoms with van der Waals surface area (Å²) in [4.78, 5) is 0. The highest BCUT2D eigenvalue weighted by Crippen LogP contribution is 2.45. The number of benzene rings is 7. The fraction of sp³-hybridized carbons (Fsp3) is 0.160. The van der Waals surface area contributed by atoms with Crippen molar-refractivity contribution >= 4 is 0 Å². The fourth-order valence-corrected chi connectivity index (χ4v) is 6.72. The monoisotopic (exact) mass is 740 g/mol. The quantitative estimate of drug-likeness (QED) is 0.0983. The molecule has 0 spiro atoms. The minimum Gasteiger partial charge on any atom is -0.489 e. The number of hydrogen-bond acceptors (Lipinski definition) is 6. The number of fused-ring (bicyclic) bond motifs is 1. The Morgan fingerprint density at radius 3 is 1.38 bits per heavy atom. The number of rotatable bonds is 16. The van der Waals surface area contributed by atoms with Crippen molar-refractivity contribution < 1.29 is 28.4 Å².